The fourth-order valence-corrected chi connectivity index (χ4v) is 8.57. The van der Waals surface area contributed by atoms with Gasteiger partial charge in [0.1, 0.15) is 5.75 Å². The number of hydrogen-bond acceptors (Lipinski definition) is 1. The zero-order chi connectivity index (χ0) is 30.8. The predicted octanol–water partition coefficient (Wildman–Crippen LogP) is 12.9. The molecule has 1 spiro atoms. The maximum atomic E-state index is 6.97. The average Bonchev–Trinajstić information content (AvgIpc) is 3.48. The van der Waals surface area contributed by atoms with Crippen LogP contribution in [-0.2, 0) is 11.8 Å². The van der Waals surface area contributed by atoms with Crippen LogP contribution in [0.1, 0.15) is 107 Å². The van der Waals surface area contributed by atoms with Gasteiger partial charge in [-0.3, -0.25) is 0 Å². The third kappa shape index (κ3) is 5.51. The van der Waals surface area contributed by atoms with E-state index in [1.165, 1.54) is 95.0 Å². The zero-order valence-electron chi connectivity index (χ0n) is 26.8. The maximum Gasteiger partial charge on any atom is 0.122 e. The molecule has 2 aliphatic carbocycles. The van der Waals surface area contributed by atoms with Gasteiger partial charge in [-0.1, -0.05) is 141 Å². The van der Waals surface area contributed by atoms with E-state index in [0.717, 1.165) is 34.1 Å². The Bertz CT molecular complexity index is 1580. The number of rotatable bonds is 13. The van der Waals surface area contributed by atoms with Gasteiger partial charge in [0.25, 0.3) is 0 Å². The van der Waals surface area contributed by atoms with Gasteiger partial charge in [0.05, 0.1) is 12.0 Å². The minimum Gasteiger partial charge on any atom is -0.493 e. The molecule has 2 unspecified atom stereocenters. The number of ether oxygens (including phenoxy) is 1. The number of fused-ring (bicyclic) bond motifs is 10. The van der Waals surface area contributed by atoms with Crippen LogP contribution >= 0.6 is 31.9 Å². The van der Waals surface area contributed by atoms with Crippen LogP contribution in [0.2, 0.25) is 0 Å². The van der Waals surface area contributed by atoms with E-state index < -0.39 is 0 Å². The fraction of sp³-hybridized carbons (Fsp3) is 0.415. The molecular weight excluding hydrogens is 668 g/mol. The summed E-state index contributed by atoms with van der Waals surface area (Å²) in [5, 5.41) is 0. The third-order valence-corrected chi connectivity index (χ3v) is 11.3. The summed E-state index contributed by atoms with van der Waals surface area (Å²) in [6.07, 6.45) is 11.0. The van der Waals surface area contributed by atoms with Crippen LogP contribution in [0.4, 0.5) is 0 Å². The lowest BCUT2D eigenvalue weighted by atomic mass is 9.70. The van der Waals surface area contributed by atoms with Crippen LogP contribution in [0.25, 0.3) is 22.3 Å². The molecule has 0 fully saturated rings. The largest absolute Gasteiger partial charge is 0.493 e. The van der Waals surface area contributed by atoms with E-state index in [0.29, 0.717) is 11.8 Å². The van der Waals surface area contributed by atoms with Crippen molar-refractivity contribution < 1.29 is 4.74 Å². The van der Waals surface area contributed by atoms with E-state index in [-0.39, 0.29) is 5.41 Å². The van der Waals surface area contributed by atoms with E-state index >= 15 is 0 Å². The van der Waals surface area contributed by atoms with Crippen molar-refractivity contribution in [3.8, 4) is 28.0 Å². The van der Waals surface area contributed by atoms with Crippen molar-refractivity contribution in [1.29, 1.82) is 0 Å². The smallest absolute Gasteiger partial charge is 0.122 e. The van der Waals surface area contributed by atoms with Gasteiger partial charge in [-0.05, 0) is 111 Å². The van der Waals surface area contributed by atoms with Crippen molar-refractivity contribution in [3.63, 3.8) is 0 Å². The lowest BCUT2D eigenvalue weighted by molar-refractivity contribution is 0.230. The monoisotopic (exact) mass is 712 g/mol. The van der Waals surface area contributed by atoms with Crippen LogP contribution < -0.4 is 4.74 Å². The van der Waals surface area contributed by atoms with Gasteiger partial charge in [-0.25, -0.2) is 0 Å². The highest BCUT2D eigenvalue weighted by Crippen LogP contribution is 2.64. The molecule has 0 amide bonds. The number of unbranched alkanes of at least 4 members (excludes halogenated alkanes) is 2. The van der Waals surface area contributed by atoms with Gasteiger partial charge in [0.2, 0.25) is 0 Å². The first-order valence-electron chi connectivity index (χ1n) is 17.0. The van der Waals surface area contributed by atoms with Crippen molar-refractivity contribution in [2.75, 3.05) is 6.61 Å². The number of hydrogen-bond donors (Lipinski definition) is 0. The van der Waals surface area contributed by atoms with Crippen LogP contribution in [0, 0.1) is 11.8 Å². The van der Waals surface area contributed by atoms with Gasteiger partial charge in [-0.2, -0.15) is 0 Å². The maximum absolute atomic E-state index is 6.97. The molecule has 0 radical (unpaired) electrons. The molecule has 0 aromatic heterocycles. The Balaban J connectivity index is 1.58. The molecule has 0 saturated heterocycles. The van der Waals surface area contributed by atoms with Crippen molar-refractivity contribution in [3.05, 3.63) is 110 Å². The SMILES string of the molecule is CCCCC(CC)COc1cc2c(cc1CC(CC)CCCC)-c1ccccc1C21c2cc(Br)ccc2-c2ccc(Br)cc21. The standard InChI is InChI=1S/C41H46Br2O/c1-5-9-13-27(7-3)21-29-22-35-32-15-11-12-16-36(32)41(39(35)25-40(29)44-26-28(8-4)14-10-6-2)37-23-30(42)17-19-33(37)34-20-18-31(43)24-38(34)41/h11-12,15-20,22-25,27-28H,5-10,13-14,21,26H2,1-4H3. The second-order valence-electron chi connectivity index (χ2n) is 13.0. The van der Waals surface area contributed by atoms with Crippen molar-refractivity contribution in [2.45, 2.75) is 90.9 Å². The highest BCUT2D eigenvalue weighted by Gasteiger charge is 2.52. The molecule has 230 valence electrons. The summed E-state index contributed by atoms with van der Waals surface area (Å²) < 4.78 is 9.20. The Kier molecular flexibility index (Phi) is 9.74. The summed E-state index contributed by atoms with van der Waals surface area (Å²) in [6, 6.07) is 27.8. The van der Waals surface area contributed by atoms with Crippen LogP contribution in [0.15, 0.2) is 81.7 Å². The molecule has 0 heterocycles. The summed E-state index contributed by atoms with van der Waals surface area (Å²) in [6.45, 7) is 10.1. The molecule has 0 bridgehead atoms. The normalized spacial score (nSPS) is 15.0. The molecule has 2 atom stereocenters. The highest BCUT2D eigenvalue weighted by atomic mass is 79.9. The van der Waals surface area contributed by atoms with Crippen LogP contribution in [-0.4, -0.2) is 6.61 Å². The van der Waals surface area contributed by atoms with Crippen molar-refractivity contribution >= 4 is 31.9 Å². The van der Waals surface area contributed by atoms with E-state index in [2.05, 4.69) is 132 Å². The second kappa shape index (κ2) is 13.6. The van der Waals surface area contributed by atoms with Gasteiger partial charge < -0.3 is 4.74 Å². The molecule has 1 nitrogen and oxygen atoms in total. The Morgan fingerprint density at radius 2 is 1.18 bits per heavy atom. The predicted molar refractivity (Wildman–Crippen MR) is 194 cm³/mol. The zero-order valence-corrected chi connectivity index (χ0v) is 30.0. The van der Waals surface area contributed by atoms with Crippen LogP contribution in [0.5, 0.6) is 5.75 Å². The topological polar surface area (TPSA) is 9.23 Å². The van der Waals surface area contributed by atoms with Gasteiger partial charge in [0.15, 0.2) is 0 Å². The van der Waals surface area contributed by atoms with E-state index in [9.17, 15) is 0 Å². The first-order valence-corrected chi connectivity index (χ1v) is 18.5. The summed E-state index contributed by atoms with van der Waals surface area (Å²) >= 11 is 7.70. The van der Waals surface area contributed by atoms with Gasteiger partial charge >= 0.3 is 0 Å². The number of benzene rings is 4. The lowest BCUT2D eigenvalue weighted by Gasteiger charge is -2.31. The van der Waals surface area contributed by atoms with E-state index in [1.807, 2.05) is 0 Å². The first-order chi connectivity index (χ1) is 21.5. The first kappa shape index (κ1) is 31.6. The molecule has 4 aromatic rings. The molecule has 0 N–H and O–H groups in total. The van der Waals surface area contributed by atoms with Crippen LogP contribution in [0.3, 0.4) is 0 Å². The molecule has 44 heavy (non-hydrogen) atoms. The average molecular weight is 715 g/mol. The lowest BCUT2D eigenvalue weighted by Crippen LogP contribution is -2.26. The van der Waals surface area contributed by atoms with E-state index in [4.69, 9.17) is 4.74 Å². The Hall–Kier alpha value is -2.36. The molecule has 6 rings (SSSR count). The van der Waals surface area contributed by atoms with Gasteiger partial charge in [-0.15, -0.1) is 0 Å². The summed E-state index contributed by atoms with van der Waals surface area (Å²) in [7, 11) is 0. The van der Waals surface area contributed by atoms with Gasteiger partial charge in [0, 0.05) is 8.95 Å². The van der Waals surface area contributed by atoms with Crippen molar-refractivity contribution in [2.24, 2.45) is 11.8 Å². The Labute approximate surface area is 282 Å². The highest BCUT2D eigenvalue weighted by molar-refractivity contribution is 9.10. The van der Waals surface area contributed by atoms with Crippen molar-refractivity contribution in [1.82, 2.24) is 0 Å². The Morgan fingerprint density at radius 3 is 1.80 bits per heavy atom. The number of halogens is 2. The molecule has 2 aliphatic rings. The van der Waals surface area contributed by atoms with E-state index in [1.54, 1.807) is 0 Å². The minimum absolute atomic E-state index is 0.389. The second-order valence-corrected chi connectivity index (χ2v) is 14.9. The summed E-state index contributed by atoms with van der Waals surface area (Å²) in [4.78, 5) is 0. The minimum atomic E-state index is -0.389. The fourth-order valence-electron chi connectivity index (χ4n) is 7.85. The summed E-state index contributed by atoms with van der Waals surface area (Å²) in [5.74, 6) is 2.35. The Morgan fingerprint density at radius 1 is 0.614 bits per heavy atom. The molecule has 0 saturated carbocycles. The third-order valence-electron chi connectivity index (χ3n) is 10.4. The quantitative estimate of drug-likeness (QED) is 0.116. The molecule has 3 heteroatoms. The summed E-state index contributed by atoms with van der Waals surface area (Å²) in [5.41, 5.74) is 11.8. The molecule has 4 aromatic carbocycles. The molecule has 0 aliphatic heterocycles. The molecular formula is C41H46Br2O.